The van der Waals surface area contributed by atoms with Crippen molar-refractivity contribution in [1.82, 2.24) is 10.2 Å². The van der Waals surface area contributed by atoms with Crippen LogP contribution in [0.1, 0.15) is 40.5 Å². The number of hydrogen-bond acceptors (Lipinski definition) is 2. The summed E-state index contributed by atoms with van der Waals surface area (Å²) < 4.78 is 0. The summed E-state index contributed by atoms with van der Waals surface area (Å²) in [6, 6.07) is 1.37. The molecule has 1 aliphatic heterocycles. The van der Waals surface area contributed by atoms with E-state index in [9.17, 15) is 0 Å². The zero-order valence-corrected chi connectivity index (χ0v) is 11.4. The van der Waals surface area contributed by atoms with E-state index in [1.165, 1.54) is 25.9 Å². The predicted molar refractivity (Wildman–Crippen MR) is 71.7 cm³/mol. The number of rotatable bonds is 5. The van der Waals surface area contributed by atoms with Gasteiger partial charge in [-0.2, -0.15) is 0 Å². The van der Waals surface area contributed by atoms with E-state index in [-0.39, 0.29) is 0 Å². The van der Waals surface area contributed by atoms with Gasteiger partial charge >= 0.3 is 0 Å². The molecular formula is C14H28N2. The second-order valence-electron chi connectivity index (χ2n) is 5.10. The van der Waals surface area contributed by atoms with E-state index in [0.29, 0.717) is 12.1 Å². The lowest BCUT2D eigenvalue weighted by molar-refractivity contribution is 0.121. The SMILES string of the molecule is C/C=C/CCN1CC(C(C)CC)NCC1C. The molecule has 0 saturated carbocycles. The Morgan fingerprint density at radius 3 is 2.88 bits per heavy atom. The second kappa shape index (κ2) is 7.08. The Morgan fingerprint density at radius 1 is 1.50 bits per heavy atom. The highest BCUT2D eigenvalue weighted by Crippen LogP contribution is 2.15. The standard InChI is InChI=1S/C14H28N2/c1-5-7-8-9-16-11-14(12(3)6-2)15-10-13(16)4/h5,7,12-15H,6,8-11H2,1-4H3/b7-5+. The normalized spacial score (nSPS) is 29.8. The first-order valence-electron chi connectivity index (χ1n) is 6.77. The van der Waals surface area contributed by atoms with Crippen LogP contribution in [0.15, 0.2) is 12.2 Å². The summed E-state index contributed by atoms with van der Waals surface area (Å²) in [5.74, 6) is 0.789. The molecule has 1 saturated heterocycles. The quantitative estimate of drug-likeness (QED) is 0.722. The smallest absolute Gasteiger partial charge is 0.0221 e. The number of allylic oxidation sites excluding steroid dienone is 1. The highest BCUT2D eigenvalue weighted by atomic mass is 15.2. The molecule has 2 heteroatoms. The molecule has 1 N–H and O–H groups in total. The van der Waals surface area contributed by atoms with Crippen molar-refractivity contribution in [3.05, 3.63) is 12.2 Å². The van der Waals surface area contributed by atoms with Crippen molar-refractivity contribution in [2.75, 3.05) is 19.6 Å². The van der Waals surface area contributed by atoms with Gasteiger partial charge < -0.3 is 5.32 Å². The van der Waals surface area contributed by atoms with Gasteiger partial charge in [0.2, 0.25) is 0 Å². The number of hydrogen-bond donors (Lipinski definition) is 1. The van der Waals surface area contributed by atoms with Gasteiger partial charge in [0.15, 0.2) is 0 Å². The van der Waals surface area contributed by atoms with Crippen molar-refractivity contribution in [3.8, 4) is 0 Å². The largest absolute Gasteiger partial charge is 0.311 e. The van der Waals surface area contributed by atoms with E-state index >= 15 is 0 Å². The lowest BCUT2D eigenvalue weighted by Gasteiger charge is -2.40. The van der Waals surface area contributed by atoms with Gasteiger partial charge in [-0.1, -0.05) is 32.4 Å². The predicted octanol–water partition coefficient (Wildman–Crippen LogP) is 2.66. The summed E-state index contributed by atoms with van der Waals surface area (Å²) in [7, 11) is 0. The molecule has 0 spiro atoms. The van der Waals surface area contributed by atoms with E-state index in [0.717, 1.165) is 12.5 Å². The van der Waals surface area contributed by atoms with E-state index < -0.39 is 0 Å². The summed E-state index contributed by atoms with van der Waals surface area (Å²) in [6.45, 7) is 12.6. The average molecular weight is 224 g/mol. The Bertz CT molecular complexity index is 213. The molecule has 0 aromatic carbocycles. The Labute approximate surface area is 101 Å². The van der Waals surface area contributed by atoms with Crippen molar-refractivity contribution in [2.45, 2.75) is 52.6 Å². The lowest BCUT2D eigenvalue weighted by atomic mass is 9.95. The molecule has 0 bridgehead atoms. The maximum Gasteiger partial charge on any atom is 0.0221 e. The van der Waals surface area contributed by atoms with Crippen LogP contribution in [0, 0.1) is 5.92 Å². The van der Waals surface area contributed by atoms with Crippen molar-refractivity contribution in [1.29, 1.82) is 0 Å². The summed E-state index contributed by atoms with van der Waals surface area (Å²) in [5, 5.41) is 3.68. The van der Waals surface area contributed by atoms with Crippen LogP contribution in [-0.2, 0) is 0 Å². The van der Waals surface area contributed by atoms with Crippen LogP contribution >= 0.6 is 0 Å². The fourth-order valence-corrected chi connectivity index (χ4v) is 2.33. The fraction of sp³-hybridized carbons (Fsp3) is 0.857. The minimum absolute atomic E-state index is 0.686. The molecule has 0 radical (unpaired) electrons. The van der Waals surface area contributed by atoms with E-state index in [4.69, 9.17) is 0 Å². The van der Waals surface area contributed by atoms with Gasteiger partial charge in [-0.15, -0.1) is 0 Å². The van der Waals surface area contributed by atoms with Gasteiger partial charge in [0.25, 0.3) is 0 Å². The molecule has 0 aromatic rings. The van der Waals surface area contributed by atoms with Crippen LogP contribution in [0.25, 0.3) is 0 Å². The Balaban J connectivity index is 2.41. The third-order valence-electron chi connectivity index (χ3n) is 3.88. The summed E-state index contributed by atoms with van der Waals surface area (Å²) >= 11 is 0. The number of nitrogens with zero attached hydrogens (tertiary/aromatic N) is 1. The molecule has 0 aliphatic carbocycles. The summed E-state index contributed by atoms with van der Waals surface area (Å²) in [4.78, 5) is 2.63. The van der Waals surface area contributed by atoms with Crippen LogP contribution in [0.5, 0.6) is 0 Å². The molecule has 3 unspecified atom stereocenters. The fourth-order valence-electron chi connectivity index (χ4n) is 2.33. The summed E-state index contributed by atoms with van der Waals surface area (Å²) in [5.41, 5.74) is 0. The van der Waals surface area contributed by atoms with Gasteiger partial charge in [0, 0.05) is 31.7 Å². The van der Waals surface area contributed by atoms with E-state index in [1.807, 2.05) is 0 Å². The topological polar surface area (TPSA) is 15.3 Å². The van der Waals surface area contributed by atoms with Crippen molar-refractivity contribution in [3.63, 3.8) is 0 Å². The maximum absolute atomic E-state index is 3.68. The Hall–Kier alpha value is -0.340. The average Bonchev–Trinajstić information content (AvgIpc) is 2.31. The van der Waals surface area contributed by atoms with Crippen LogP contribution in [0.2, 0.25) is 0 Å². The molecule has 1 fully saturated rings. The lowest BCUT2D eigenvalue weighted by Crippen LogP contribution is -2.57. The monoisotopic (exact) mass is 224 g/mol. The molecule has 1 aliphatic rings. The Kier molecular flexibility index (Phi) is 6.07. The van der Waals surface area contributed by atoms with E-state index in [2.05, 4.69) is 50.1 Å². The van der Waals surface area contributed by atoms with Gasteiger partial charge in [-0.05, 0) is 26.2 Å². The van der Waals surface area contributed by atoms with Crippen LogP contribution < -0.4 is 5.32 Å². The third kappa shape index (κ3) is 3.91. The highest BCUT2D eigenvalue weighted by Gasteiger charge is 2.26. The molecule has 16 heavy (non-hydrogen) atoms. The molecule has 1 rings (SSSR count). The first-order chi connectivity index (χ1) is 7.69. The molecule has 94 valence electrons. The summed E-state index contributed by atoms with van der Waals surface area (Å²) in [6.07, 6.45) is 6.88. The van der Waals surface area contributed by atoms with Gasteiger partial charge in [-0.25, -0.2) is 0 Å². The molecule has 1 heterocycles. The van der Waals surface area contributed by atoms with Crippen LogP contribution in [0.3, 0.4) is 0 Å². The molecular weight excluding hydrogens is 196 g/mol. The van der Waals surface area contributed by atoms with Crippen molar-refractivity contribution < 1.29 is 0 Å². The van der Waals surface area contributed by atoms with E-state index in [1.54, 1.807) is 0 Å². The van der Waals surface area contributed by atoms with Crippen molar-refractivity contribution in [2.24, 2.45) is 5.92 Å². The van der Waals surface area contributed by atoms with Crippen LogP contribution in [-0.4, -0.2) is 36.6 Å². The number of piperazine rings is 1. The highest BCUT2D eigenvalue weighted by molar-refractivity contribution is 4.88. The third-order valence-corrected chi connectivity index (χ3v) is 3.88. The molecule has 0 amide bonds. The zero-order chi connectivity index (χ0) is 12.0. The van der Waals surface area contributed by atoms with Gasteiger partial charge in [0.05, 0.1) is 0 Å². The molecule has 2 nitrogen and oxygen atoms in total. The second-order valence-corrected chi connectivity index (χ2v) is 5.10. The van der Waals surface area contributed by atoms with Gasteiger partial charge in [-0.3, -0.25) is 4.90 Å². The first-order valence-corrected chi connectivity index (χ1v) is 6.77. The van der Waals surface area contributed by atoms with Gasteiger partial charge in [0.1, 0.15) is 0 Å². The zero-order valence-electron chi connectivity index (χ0n) is 11.4. The number of nitrogens with one attached hydrogen (secondary N) is 1. The maximum atomic E-state index is 3.68. The minimum Gasteiger partial charge on any atom is -0.311 e. The Morgan fingerprint density at radius 2 is 2.25 bits per heavy atom. The molecule has 3 atom stereocenters. The van der Waals surface area contributed by atoms with Crippen LogP contribution in [0.4, 0.5) is 0 Å². The first kappa shape index (κ1) is 13.7. The molecule has 0 aromatic heterocycles. The van der Waals surface area contributed by atoms with Crippen molar-refractivity contribution >= 4 is 0 Å². The minimum atomic E-state index is 0.686.